The Labute approximate surface area is 353 Å². The van der Waals surface area contributed by atoms with Crippen LogP contribution in [0.5, 0.6) is 0 Å². The van der Waals surface area contributed by atoms with Crippen LogP contribution in [0, 0.1) is 41.7 Å². The van der Waals surface area contributed by atoms with Crippen molar-refractivity contribution >= 4 is 214 Å². The minimum Gasteiger partial charge on any atom is -2.00 e. The standard InChI is InChI=1S/11Al.Ce.Mg.19O/q12*+3;+2;19*-2. The summed E-state index contributed by atoms with van der Waals surface area (Å²) in [4.78, 5) is 0. The molecule has 0 saturated carbocycles. The second kappa shape index (κ2) is 1010. The molecule has 0 N–H and O–H groups in total. The molecule has 0 rings (SSSR count). The summed E-state index contributed by atoms with van der Waals surface area (Å²) in [5, 5.41) is 0. The van der Waals surface area contributed by atoms with E-state index in [-0.39, 0.29) is 360 Å². The first-order chi connectivity index (χ1) is 0. The first-order valence-corrected chi connectivity index (χ1v) is 0. The number of hydrogen-bond acceptors (Lipinski definition) is 0. The minimum absolute atomic E-state index is 0. The third kappa shape index (κ3) is 933. The Morgan fingerprint density at radius 3 is 0.125 bits per heavy atom. The van der Waals surface area contributed by atoms with Crippen molar-refractivity contribution in [3.63, 3.8) is 0 Å². The fraction of sp³-hybridized carbons (Fsp3) is 0. The van der Waals surface area contributed by atoms with E-state index in [1.54, 1.807) is 0 Å². The van der Waals surface area contributed by atoms with Gasteiger partial charge in [0, 0.05) is 0 Å². The summed E-state index contributed by atoms with van der Waals surface area (Å²) in [5.41, 5.74) is 0. The fourth-order valence-electron chi connectivity index (χ4n) is 0. The van der Waals surface area contributed by atoms with Crippen molar-refractivity contribution < 1.29 is 146 Å². The van der Waals surface area contributed by atoms with Crippen molar-refractivity contribution in [2.75, 3.05) is 0 Å². The maximum absolute atomic E-state index is 0. The molecule has 32 heavy (non-hydrogen) atoms. The molecule has 0 aliphatic carbocycles. The monoisotopic (exact) mass is 765 g/mol. The molecular formula is Al11CeMgO19. The topological polar surface area (TPSA) is 542 Å². The van der Waals surface area contributed by atoms with Crippen LogP contribution in [-0.2, 0) is 104 Å². The molecule has 0 bridgehead atoms. The molecule has 19 nitrogen and oxygen atoms in total. The Morgan fingerprint density at radius 2 is 0.125 bits per heavy atom. The van der Waals surface area contributed by atoms with Crippen molar-refractivity contribution in [3.8, 4) is 0 Å². The predicted octanol–water partition coefficient (Wildman–Crippen LogP) is -6.83. The van der Waals surface area contributed by atoms with E-state index < -0.39 is 0 Å². The quantitative estimate of drug-likeness (QED) is 0.208. The zero-order chi connectivity index (χ0) is 0. The summed E-state index contributed by atoms with van der Waals surface area (Å²) >= 11 is 0. The third-order valence-corrected chi connectivity index (χ3v) is 0. The molecule has 0 aliphatic rings. The van der Waals surface area contributed by atoms with Gasteiger partial charge in [-0.2, -0.15) is 0 Å². The Kier molecular flexibility index (Phi) is 34600. The summed E-state index contributed by atoms with van der Waals surface area (Å²) in [6, 6.07) is 0. The van der Waals surface area contributed by atoms with E-state index >= 15 is 0 Å². The molecule has 32 heteroatoms. The molecule has 0 aliphatic heterocycles. The van der Waals surface area contributed by atoms with Gasteiger partial charge in [0.25, 0.3) is 0 Å². The normalized spacial score (nSPS) is 0. The maximum atomic E-state index is 0. The van der Waals surface area contributed by atoms with E-state index in [0.29, 0.717) is 0 Å². The first-order valence-electron chi connectivity index (χ1n) is 0. The molecule has 0 saturated heterocycles. The summed E-state index contributed by atoms with van der Waals surface area (Å²) in [6.45, 7) is 0. The van der Waals surface area contributed by atoms with Gasteiger partial charge in [0.15, 0.2) is 0 Å². The van der Waals surface area contributed by atoms with Gasteiger partial charge >= 0.3 is 256 Å². The van der Waals surface area contributed by atoms with Crippen LogP contribution in [0.15, 0.2) is 0 Å². The molecule has 153 valence electrons. The minimum atomic E-state index is 0. The number of rotatable bonds is 0. The van der Waals surface area contributed by atoms with Crippen LogP contribution < -0.4 is 0 Å². The predicted molar refractivity (Wildman–Crippen MR) is 82.1 cm³/mol. The molecule has 0 spiro atoms. The van der Waals surface area contributed by atoms with Crippen molar-refractivity contribution in [2.24, 2.45) is 0 Å². The van der Waals surface area contributed by atoms with Gasteiger partial charge in [0.2, 0.25) is 0 Å². The third-order valence-electron chi connectivity index (χ3n) is 0. The van der Waals surface area contributed by atoms with Crippen LogP contribution in [0.25, 0.3) is 0 Å². The van der Waals surface area contributed by atoms with Crippen LogP contribution in [0.2, 0.25) is 0 Å². The second-order valence-corrected chi connectivity index (χ2v) is 0. The molecule has 0 atom stereocenters. The molecule has 0 amide bonds. The van der Waals surface area contributed by atoms with Gasteiger partial charge in [-0.1, -0.05) is 0 Å². The van der Waals surface area contributed by atoms with Crippen molar-refractivity contribution in [1.82, 2.24) is 0 Å². The molecule has 0 heterocycles. The van der Waals surface area contributed by atoms with Crippen LogP contribution in [-0.4, -0.2) is 214 Å². The van der Waals surface area contributed by atoms with Gasteiger partial charge in [0.05, 0.1) is 0 Å². The largest absolute Gasteiger partial charge is 3.00 e. The zero-order valence-electron chi connectivity index (χ0n) is 15.3. The molecule has 1 radical (unpaired) electrons. The van der Waals surface area contributed by atoms with E-state index in [1.165, 1.54) is 0 Å². The van der Waals surface area contributed by atoms with Gasteiger partial charge in [-0.25, -0.2) is 0 Å². The van der Waals surface area contributed by atoms with E-state index in [9.17, 15) is 0 Å². The summed E-state index contributed by atoms with van der Waals surface area (Å²) in [5.74, 6) is 0. The number of hydrogen-bond donors (Lipinski definition) is 0. The fourth-order valence-corrected chi connectivity index (χ4v) is 0. The molecule has 0 unspecified atom stereocenters. The van der Waals surface area contributed by atoms with E-state index in [2.05, 4.69) is 0 Å². The van der Waals surface area contributed by atoms with Crippen molar-refractivity contribution in [3.05, 3.63) is 0 Å². The average molecular weight is 765 g/mol. The Balaban J connectivity index is 0. The van der Waals surface area contributed by atoms with Crippen LogP contribution in [0.1, 0.15) is 0 Å². The molecule has 0 aromatic rings. The molecule has 0 aromatic carbocycles. The van der Waals surface area contributed by atoms with Crippen molar-refractivity contribution in [1.29, 1.82) is 0 Å². The van der Waals surface area contributed by atoms with Crippen LogP contribution in [0.4, 0.5) is 0 Å². The van der Waals surface area contributed by atoms with Gasteiger partial charge in [-0.3, -0.25) is 0 Å². The Hall–Kier alpha value is 7.24. The molecular weight excluding hydrogens is 765 g/mol. The van der Waals surface area contributed by atoms with E-state index in [4.69, 9.17) is 0 Å². The van der Waals surface area contributed by atoms with Gasteiger partial charge < -0.3 is 104 Å². The first kappa shape index (κ1) is 1090. The zero-order valence-corrected chi connectivity index (χ0v) is 32.6. The summed E-state index contributed by atoms with van der Waals surface area (Å²) < 4.78 is 0. The SMILES string of the molecule is [Al+3].[Al+3].[Al+3].[Al+3].[Al+3].[Al+3].[Al+3].[Al+3].[Al+3].[Al+3].[Al+3].[Ce+3].[Mg+2].[O-2].[O-2].[O-2].[O-2].[O-2].[O-2].[O-2].[O-2].[O-2].[O-2].[O-2].[O-2].[O-2].[O-2].[O-2].[O-2].[O-2].[O-2].[O-2]. The Morgan fingerprint density at radius 1 is 0.125 bits per heavy atom. The second-order valence-electron chi connectivity index (χ2n) is 0. The van der Waals surface area contributed by atoms with Gasteiger partial charge in [-0.15, -0.1) is 0 Å². The molecule has 0 aromatic heterocycles. The summed E-state index contributed by atoms with van der Waals surface area (Å²) in [7, 11) is 0. The van der Waals surface area contributed by atoms with Crippen molar-refractivity contribution in [2.45, 2.75) is 0 Å². The van der Waals surface area contributed by atoms with Gasteiger partial charge in [-0.05, 0) is 0 Å². The smallest absolute Gasteiger partial charge is 2.00 e. The van der Waals surface area contributed by atoms with E-state index in [1.807, 2.05) is 0 Å². The Bertz CT molecular complexity index is 41.2. The summed E-state index contributed by atoms with van der Waals surface area (Å²) in [6.07, 6.45) is 0. The van der Waals surface area contributed by atoms with Crippen LogP contribution in [0.3, 0.4) is 0 Å². The maximum Gasteiger partial charge on any atom is 3.00 e. The molecule has 0 fully saturated rings. The average Bonchev–Trinajstić information content (AvgIpc) is 0. The van der Waals surface area contributed by atoms with E-state index in [0.717, 1.165) is 0 Å². The van der Waals surface area contributed by atoms with Gasteiger partial charge in [0.1, 0.15) is 0 Å². The van der Waals surface area contributed by atoms with Crippen LogP contribution >= 0.6 is 0 Å².